The molecule has 3 aliphatic rings. The summed E-state index contributed by atoms with van der Waals surface area (Å²) in [5.74, 6) is -0.748. The number of fused-ring (bicyclic) bond motifs is 5. The van der Waals surface area contributed by atoms with Crippen molar-refractivity contribution in [3.8, 4) is 11.4 Å². The van der Waals surface area contributed by atoms with E-state index in [0.29, 0.717) is 22.6 Å². The van der Waals surface area contributed by atoms with E-state index in [4.69, 9.17) is 14.5 Å². The highest BCUT2D eigenvalue weighted by molar-refractivity contribution is 6.00. The van der Waals surface area contributed by atoms with E-state index in [1.807, 2.05) is 42.5 Å². The lowest BCUT2D eigenvalue weighted by Gasteiger charge is -2.35. The van der Waals surface area contributed by atoms with Crippen LogP contribution in [0.25, 0.3) is 22.3 Å². The van der Waals surface area contributed by atoms with E-state index < -0.39 is 17.7 Å². The van der Waals surface area contributed by atoms with Crippen LogP contribution in [0, 0.1) is 0 Å². The van der Waals surface area contributed by atoms with Crippen molar-refractivity contribution >= 4 is 34.3 Å². The largest absolute Gasteiger partial charge is 0.458 e. The normalized spacial score (nSPS) is 19.2. The maximum Gasteiger partial charge on any atom is 0.411 e. The Labute approximate surface area is 253 Å². The number of hydrogen-bond acceptors (Lipinski definition) is 9. The standard InChI is InChI=1S/C33H33N5O6/c1-3-33(42)25-16-27-28-23(17-38(27)30(39)24(25)19-43-31(33)40)29(37-13-11-36(2)12-14-37)22-15-21(9-10-26(22)35-28)34-32(41)44-18-20-7-5-4-6-8-20/h4-10,15-16,42H,3,11-14,17-19H2,1-2H3,(H,34,41)/t33-/m0/s1. The van der Waals surface area contributed by atoms with Gasteiger partial charge in [0.05, 0.1) is 34.7 Å². The van der Waals surface area contributed by atoms with Crippen LogP contribution in [0.2, 0.25) is 0 Å². The van der Waals surface area contributed by atoms with Crippen LogP contribution < -0.4 is 15.8 Å². The summed E-state index contributed by atoms with van der Waals surface area (Å²) in [6, 6.07) is 16.7. The first-order valence-electron chi connectivity index (χ1n) is 14.8. The van der Waals surface area contributed by atoms with Crippen molar-refractivity contribution in [2.24, 2.45) is 0 Å². The number of esters is 1. The Morgan fingerprint density at radius 3 is 2.59 bits per heavy atom. The summed E-state index contributed by atoms with van der Waals surface area (Å²) in [5, 5.41) is 15.0. The van der Waals surface area contributed by atoms with Crippen LogP contribution in [0.5, 0.6) is 0 Å². The van der Waals surface area contributed by atoms with Gasteiger partial charge in [0.25, 0.3) is 5.56 Å². The van der Waals surface area contributed by atoms with Gasteiger partial charge in [-0.25, -0.2) is 14.6 Å². The number of likely N-dealkylation sites (N-methyl/N-ethyl adjacent to an activating group) is 1. The molecule has 5 heterocycles. The second kappa shape index (κ2) is 10.8. The Morgan fingerprint density at radius 2 is 1.84 bits per heavy atom. The number of aromatic nitrogens is 2. The SMILES string of the molecule is CC[C@@]1(O)C(=O)OCc2c1cc1n(c2=O)Cc2c-1nc1ccc(NC(=O)OCc3ccccc3)cc1c2N1CCN(C)CC1. The number of anilines is 2. The number of ether oxygens (including phenoxy) is 2. The first-order chi connectivity index (χ1) is 21.3. The smallest absolute Gasteiger partial charge is 0.411 e. The summed E-state index contributed by atoms with van der Waals surface area (Å²) in [6.07, 6.45) is -0.483. The summed E-state index contributed by atoms with van der Waals surface area (Å²) in [5.41, 5.74) is 3.60. The van der Waals surface area contributed by atoms with Crippen LogP contribution in [0.4, 0.5) is 16.2 Å². The van der Waals surface area contributed by atoms with Crippen molar-refractivity contribution in [2.45, 2.75) is 38.7 Å². The van der Waals surface area contributed by atoms with E-state index in [-0.39, 0.29) is 42.9 Å². The number of pyridine rings is 2. The third-order valence-electron chi connectivity index (χ3n) is 8.94. The molecular formula is C33H33N5O6. The number of carbonyl (C=O) groups is 2. The zero-order valence-corrected chi connectivity index (χ0v) is 24.6. The molecule has 2 aromatic heterocycles. The predicted octanol–water partition coefficient (Wildman–Crippen LogP) is 3.58. The van der Waals surface area contributed by atoms with Crippen LogP contribution in [-0.4, -0.2) is 64.8 Å². The van der Waals surface area contributed by atoms with Gasteiger partial charge in [0.15, 0.2) is 5.60 Å². The first-order valence-corrected chi connectivity index (χ1v) is 14.8. The molecule has 226 valence electrons. The third kappa shape index (κ3) is 4.59. The molecule has 1 amide bonds. The molecule has 7 rings (SSSR count). The average Bonchev–Trinajstić information content (AvgIpc) is 3.40. The maximum absolute atomic E-state index is 13.8. The maximum atomic E-state index is 13.8. The molecule has 0 unspecified atom stereocenters. The summed E-state index contributed by atoms with van der Waals surface area (Å²) in [7, 11) is 2.09. The van der Waals surface area contributed by atoms with Crippen LogP contribution in [-0.2, 0) is 39.6 Å². The van der Waals surface area contributed by atoms with Gasteiger partial charge in [-0.1, -0.05) is 37.3 Å². The fourth-order valence-corrected chi connectivity index (χ4v) is 6.40. The number of hydrogen-bond donors (Lipinski definition) is 2. The number of amides is 1. The van der Waals surface area contributed by atoms with Crippen LogP contribution in [0.15, 0.2) is 59.4 Å². The highest BCUT2D eigenvalue weighted by Gasteiger charge is 2.45. The minimum absolute atomic E-state index is 0.0792. The van der Waals surface area contributed by atoms with Gasteiger partial charge in [-0.3, -0.25) is 10.1 Å². The third-order valence-corrected chi connectivity index (χ3v) is 8.94. The fraction of sp³-hybridized carbons (Fsp3) is 0.333. The van der Waals surface area contributed by atoms with E-state index in [0.717, 1.165) is 48.4 Å². The molecule has 11 nitrogen and oxygen atoms in total. The second-order valence-electron chi connectivity index (χ2n) is 11.6. The van der Waals surface area contributed by atoms with Gasteiger partial charge in [-0.15, -0.1) is 0 Å². The highest BCUT2D eigenvalue weighted by Crippen LogP contribution is 2.43. The van der Waals surface area contributed by atoms with Gasteiger partial charge in [0, 0.05) is 48.4 Å². The quantitative estimate of drug-likeness (QED) is 0.293. The molecule has 4 aromatic rings. The average molecular weight is 596 g/mol. The molecule has 3 aliphatic heterocycles. The lowest BCUT2D eigenvalue weighted by Crippen LogP contribution is -2.45. The van der Waals surface area contributed by atoms with Gasteiger partial charge in [-0.05, 0) is 43.3 Å². The van der Waals surface area contributed by atoms with Crippen molar-refractivity contribution in [2.75, 3.05) is 43.4 Å². The Balaban J connectivity index is 1.31. The van der Waals surface area contributed by atoms with E-state index >= 15 is 0 Å². The van der Waals surface area contributed by atoms with E-state index in [9.17, 15) is 19.5 Å². The Hall–Kier alpha value is -4.74. The van der Waals surface area contributed by atoms with E-state index in [2.05, 4.69) is 22.2 Å². The summed E-state index contributed by atoms with van der Waals surface area (Å²) in [4.78, 5) is 48.7. The molecule has 0 saturated carbocycles. The Kier molecular flexibility index (Phi) is 6.86. The number of benzene rings is 2. The van der Waals surface area contributed by atoms with Crippen molar-refractivity contribution in [1.82, 2.24) is 14.5 Å². The molecule has 2 aromatic carbocycles. The number of nitrogens with zero attached hydrogens (tertiary/aromatic N) is 4. The molecule has 1 fully saturated rings. The van der Waals surface area contributed by atoms with Crippen LogP contribution in [0.1, 0.15) is 35.6 Å². The molecule has 1 saturated heterocycles. The lowest BCUT2D eigenvalue weighted by molar-refractivity contribution is -0.172. The minimum Gasteiger partial charge on any atom is -0.458 e. The van der Waals surface area contributed by atoms with Gasteiger partial charge >= 0.3 is 12.1 Å². The molecule has 0 aliphatic carbocycles. The summed E-state index contributed by atoms with van der Waals surface area (Å²) in [6.45, 7) is 5.24. The molecular weight excluding hydrogens is 562 g/mol. The molecule has 2 N–H and O–H groups in total. The molecule has 44 heavy (non-hydrogen) atoms. The van der Waals surface area contributed by atoms with Crippen LogP contribution in [0.3, 0.4) is 0 Å². The number of carbonyl (C=O) groups excluding carboxylic acids is 2. The summed E-state index contributed by atoms with van der Waals surface area (Å²) >= 11 is 0. The zero-order chi connectivity index (χ0) is 30.6. The number of cyclic esters (lactones) is 1. The number of nitrogens with one attached hydrogen (secondary N) is 1. The number of rotatable bonds is 5. The Bertz CT molecular complexity index is 1860. The van der Waals surface area contributed by atoms with Gasteiger partial charge in [-0.2, -0.15) is 0 Å². The molecule has 11 heteroatoms. The van der Waals surface area contributed by atoms with Crippen molar-refractivity contribution < 1.29 is 24.2 Å². The number of piperazine rings is 1. The second-order valence-corrected chi connectivity index (χ2v) is 11.6. The first kappa shape index (κ1) is 28.1. The van der Waals surface area contributed by atoms with Crippen LogP contribution >= 0.6 is 0 Å². The van der Waals surface area contributed by atoms with E-state index in [1.54, 1.807) is 23.6 Å². The van der Waals surface area contributed by atoms with Gasteiger partial charge in [0.1, 0.15) is 13.2 Å². The lowest BCUT2D eigenvalue weighted by atomic mass is 9.86. The van der Waals surface area contributed by atoms with Crippen molar-refractivity contribution in [3.05, 3.63) is 87.2 Å². The number of aliphatic hydroxyl groups is 1. The highest BCUT2D eigenvalue weighted by atomic mass is 16.6. The monoisotopic (exact) mass is 595 g/mol. The van der Waals surface area contributed by atoms with Crippen molar-refractivity contribution in [1.29, 1.82) is 0 Å². The Morgan fingerprint density at radius 1 is 1.07 bits per heavy atom. The van der Waals surface area contributed by atoms with E-state index in [1.165, 1.54) is 0 Å². The topological polar surface area (TPSA) is 126 Å². The zero-order valence-electron chi connectivity index (χ0n) is 24.6. The predicted molar refractivity (Wildman–Crippen MR) is 164 cm³/mol. The summed E-state index contributed by atoms with van der Waals surface area (Å²) < 4.78 is 12.3. The van der Waals surface area contributed by atoms with Gasteiger partial charge in [0.2, 0.25) is 0 Å². The van der Waals surface area contributed by atoms with Crippen molar-refractivity contribution in [3.63, 3.8) is 0 Å². The molecule has 1 atom stereocenters. The minimum atomic E-state index is -1.89. The molecule has 0 bridgehead atoms. The molecule has 0 radical (unpaired) electrons. The molecule has 0 spiro atoms. The van der Waals surface area contributed by atoms with Gasteiger partial charge < -0.3 is 28.9 Å². The fourth-order valence-electron chi connectivity index (χ4n) is 6.40.